The number of piperidine rings is 1. The smallest absolute Gasteiger partial charge is 0.281 e. The first-order valence-corrected chi connectivity index (χ1v) is 10.6. The van der Waals surface area contributed by atoms with E-state index in [2.05, 4.69) is 5.32 Å². The van der Waals surface area contributed by atoms with E-state index in [9.17, 15) is 13.2 Å². The molecule has 2 heterocycles. The maximum Gasteiger partial charge on any atom is 0.281 e. The molecular formula is C18H27N3O5S. The predicted octanol–water partition coefficient (Wildman–Crippen LogP) is 1.15. The van der Waals surface area contributed by atoms with E-state index < -0.39 is 10.2 Å². The Bertz CT molecular complexity index is 788. The van der Waals surface area contributed by atoms with Crippen LogP contribution in [-0.4, -0.2) is 63.3 Å². The van der Waals surface area contributed by atoms with Gasteiger partial charge in [-0.2, -0.15) is 17.0 Å². The van der Waals surface area contributed by atoms with Crippen LogP contribution in [0.25, 0.3) is 0 Å². The van der Waals surface area contributed by atoms with Gasteiger partial charge in [0.25, 0.3) is 10.2 Å². The molecule has 8 nitrogen and oxygen atoms in total. The van der Waals surface area contributed by atoms with Gasteiger partial charge in [-0.1, -0.05) is 6.07 Å². The summed E-state index contributed by atoms with van der Waals surface area (Å²) < 4.78 is 38.1. The number of hydrogen-bond donors (Lipinski definition) is 1. The molecule has 9 heteroatoms. The van der Waals surface area contributed by atoms with Crippen molar-refractivity contribution in [3.63, 3.8) is 0 Å². The molecule has 1 fully saturated rings. The van der Waals surface area contributed by atoms with E-state index in [1.54, 1.807) is 0 Å². The number of nitrogens with zero attached hydrogens (tertiary/aromatic N) is 2. The molecule has 1 saturated heterocycles. The van der Waals surface area contributed by atoms with Crippen molar-refractivity contribution in [1.82, 2.24) is 13.9 Å². The van der Waals surface area contributed by atoms with E-state index >= 15 is 0 Å². The Balaban J connectivity index is 1.57. The Hall–Kier alpha value is -1.84. The van der Waals surface area contributed by atoms with E-state index in [1.807, 2.05) is 25.1 Å². The SMILES string of the molecule is CC(NC(=O)C1CCN(S(=O)(=O)N(C)C)CC1)c1ccc2c(c1)OCCO2. The normalized spacial score (nSPS) is 19.7. The zero-order valence-electron chi connectivity index (χ0n) is 16.0. The van der Waals surface area contributed by atoms with Crippen molar-refractivity contribution < 1.29 is 22.7 Å². The molecule has 1 atom stereocenters. The fraction of sp³-hybridized carbons (Fsp3) is 0.611. The first-order valence-electron chi connectivity index (χ1n) is 9.16. The van der Waals surface area contributed by atoms with E-state index in [-0.39, 0.29) is 17.9 Å². The van der Waals surface area contributed by atoms with Crippen LogP contribution in [0.2, 0.25) is 0 Å². The molecule has 27 heavy (non-hydrogen) atoms. The largest absolute Gasteiger partial charge is 0.486 e. The lowest BCUT2D eigenvalue weighted by Gasteiger charge is -2.32. The number of benzene rings is 1. The number of ether oxygens (including phenoxy) is 2. The quantitative estimate of drug-likeness (QED) is 0.805. The molecule has 150 valence electrons. The van der Waals surface area contributed by atoms with Gasteiger partial charge in [-0.25, -0.2) is 0 Å². The van der Waals surface area contributed by atoms with Crippen LogP contribution in [0.1, 0.15) is 31.4 Å². The standard InChI is InChI=1S/C18H27N3O5S/c1-13(15-4-5-16-17(12-15)26-11-10-25-16)19-18(22)14-6-8-21(9-7-14)27(23,24)20(2)3/h4-5,12-14H,6-11H2,1-3H3,(H,19,22). The number of carbonyl (C=O) groups is 1. The second kappa shape index (κ2) is 8.04. The lowest BCUT2D eigenvalue weighted by atomic mass is 9.96. The summed E-state index contributed by atoms with van der Waals surface area (Å²) in [7, 11) is -0.381. The monoisotopic (exact) mass is 397 g/mol. The van der Waals surface area contributed by atoms with Gasteiger partial charge in [0, 0.05) is 33.1 Å². The molecule has 0 bridgehead atoms. The molecule has 2 aliphatic rings. The third-order valence-electron chi connectivity index (χ3n) is 5.04. The van der Waals surface area contributed by atoms with Crippen molar-refractivity contribution in [1.29, 1.82) is 0 Å². The molecule has 1 N–H and O–H groups in total. The van der Waals surface area contributed by atoms with Gasteiger partial charge in [0.05, 0.1) is 6.04 Å². The summed E-state index contributed by atoms with van der Waals surface area (Å²) in [5.74, 6) is 1.19. The molecule has 1 aromatic rings. The Morgan fingerprint density at radius 2 is 1.81 bits per heavy atom. The second-order valence-corrected chi connectivity index (χ2v) is 9.24. The highest BCUT2D eigenvalue weighted by atomic mass is 32.2. The van der Waals surface area contributed by atoms with E-state index in [4.69, 9.17) is 9.47 Å². The van der Waals surface area contributed by atoms with Gasteiger partial charge in [0.1, 0.15) is 13.2 Å². The molecule has 1 aromatic carbocycles. The minimum Gasteiger partial charge on any atom is -0.486 e. The summed E-state index contributed by atoms with van der Waals surface area (Å²) in [5, 5.41) is 3.04. The highest BCUT2D eigenvalue weighted by Gasteiger charge is 2.32. The Kier molecular flexibility index (Phi) is 5.92. The molecule has 2 aliphatic heterocycles. The van der Waals surface area contributed by atoms with Crippen LogP contribution in [0.3, 0.4) is 0 Å². The van der Waals surface area contributed by atoms with Gasteiger partial charge in [-0.3, -0.25) is 4.79 Å². The average molecular weight is 397 g/mol. The predicted molar refractivity (Wildman–Crippen MR) is 101 cm³/mol. The van der Waals surface area contributed by atoms with Gasteiger partial charge >= 0.3 is 0 Å². The van der Waals surface area contributed by atoms with Crippen LogP contribution in [0.4, 0.5) is 0 Å². The minimum atomic E-state index is -3.41. The van der Waals surface area contributed by atoms with Crippen molar-refractivity contribution in [2.24, 2.45) is 5.92 Å². The number of amides is 1. The first-order chi connectivity index (χ1) is 12.8. The van der Waals surface area contributed by atoms with Gasteiger partial charge in [-0.05, 0) is 37.5 Å². The molecule has 1 unspecified atom stereocenters. The van der Waals surface area contributed by atoms with Crippen molar-refractivity contribution >= 4 is 16.1 Å². The fourth-order valence-corrected chi connectivity index (χ4v) is 4.46. The van der Waals surface area contributed by atoms with Crippen LogP contribution in [0, 0.1) is 5.92 Å². The van der Waals surface area contributed by atoms with Crippen LogP contribution in [0.15, 0.2) is 18.2 Å². The maximum absolute atomic E-state index is 12.6. The molecule has 0 spiro atoms. The summed E-state index contributed by atoms with van der Waals surface area (Å²) in [6, 6.07) is 5.50. The molecule has 3 rings (SSSR count). The minimum absolute atomic E-state index is 0.0423. The van der Waals surface area contributed by atoms with Crippen molar-refractivity contribution in [2.45, 2.75) is 25.8 Å². The average Bonchev–Trinajstić information content (AvgIpc) is 2.67. The summed E-state index contributed by atoms with van der Waals surface area (Å²) in [5.41, 5.74) is 0.945. The number of rotatable bonds is 5. The third-order valence-corrected chi connectivity index (χ3v) is 6.98. The third kappa shape index (κ3) is 4.36. The van der Waals surface area contributed by atoms with Gasteiger partial charge < -0.3 is 14.8 Å². The lowest BCUT2D eigenvalue weighted by molar-refractivity contribution is -0.126. The van der Waals surface area contributed by atoms with Crippen molar-refractivity contribution in [3.8, 4) is 11.5 Å². The summed E-state index contributed by atoms with van der Waals surface area (Å²) in [4.78, 5) is 12.6. The molecule has 1 amide bonds. The van der Waals surface area contributed by atoms with Crippen LogP contribution >= 0.6 is 0 Å². The highest BCUT2D eigenvalue weighted by molar-refractivity contribution is 7.86. The Morgan fingerprint density at radius 1 is 1.19 bits per heavy atom. The topological polar surface area (TPSA) is 88.2 Å². The van der Waals surface area contributed by atoms with Crippen molar-refractivity contribution in [2.75, 3.05) is 40.4 Å². The van der Waals surface area contributed by atoms with Gasteiger partial charge in [-0.15, -0.1) is 0 Å². The summed E-state index contributed by atoms with van der Waals surface area (Å²) in [6.45, 7) is 3.70. The summed E-state index contributed by atoms with van der Waals surface area (Å²) >= 11 is 0. The first kappa shape index (κ1) is 19.9. The van der Waals surface area contributed by atoms with Crippen LogP contribution in [0.5, 0.6) is 11.5 Å². The zero-order valence-corrected chi connectivity index (χ0v) is 16.8. The fourth-order valence-electron chi connectivity index (χ4n) is 3.32. The molecule has 0 radical (unpaired) electrons. The van der Waals surface area contributed by atoms with E-state index in [0.29, 0.717) is 44.9 Å². The molecule has 0 saturated carbocycles. The number of carbonyl (C=O) groups excluding carboxylic acids is 1. The van der Waals surface area contributed by atoms with E-state index in [0.717, 1.165) is 11.3 Å². The Labute approximate surface area is 160 Å². The van der Waals surface area contributed by atoms with Crippen LogP contribution < -0.4 is 14.8 Å². The molecular weight excluding hydrogens is 370 g/mol. The highest BCUT2D eigenvalue weighted by Crippen LogP contribution is 2.32. The lowest BCUT2D eigenvalue weighted by Crippen LogP contribution is -2.47. The zero-order chi connectivity index (χ0) is 19.6. The maximum atomic E-state index is 12.6. The second-order valence-electron chi connectivity index (χ2n) is 7.10. The number of hydrogen-bond acceptors (Lipinski definition) is 5. The van der Waals surface area contributed by atoms with Crippen molar-refractivity contribution in [3.05, 3.63) is 23.8 Å². The number of nitrogens with one attached hydrogen (secondary N) is 1. The van der Waals surface area contributed by atoms with E-state index in [1.165, 1.54) is 22.7 Å². The van der Waals surface area contributed by atoms with Gasteiger partial charge in [0.2, 0.25) is 5.91 Å². The summed E-state index contributed by atoms with van der Waals surface area (Å²) in [6.07, 6.45) is 1.04. The molecule has 0 aliphatic carbocycles. The van der Waals surface area contributed by atoms with Crippen LogP contribution in [-0.2, 0) is 15.0 Å². The Morgan fingerprint density at radius 3 is 2.44 bits per heavy atom. The number of fused-ring (bicyclic) bond motifs is 1. The van der Waals surface area contributed by atoms with Gasteiger partial charge in [0.15, 0.2) is 11.5 Å². The molecule has 0 aromatic heterocycles.